The van der Waals surface area contributed by atoms with Crippen molar-refractivity contribution < 1.29 is 22.7 Å². The normalized spacial score (nSPS) is 11.5. The van der Waals surface area contributed by atoms with Crippen LogP contribution in [0.1, 0.15) is 0 Å². The minimum absolute atomic E-state index is 0.129. The first kappa shape index (κ1) is 23.7. The first-order valence-electron chi connectivity index (χ1n) is 10.2. The SMILES string of the molecule is COc1ccc(-c2csc(NC(=O)CN(C)S(=O)(=O)c3ccc4ccccc4c3)n2)c(OC)c1. The van der Waals surface area contributed by atoms with Crippen molar-refractivity contribution >= 4 is 43.2 Å². The lowest BCUT2D eigenvalue weighted by Crippen LogP contribution is -2.34. The van der Waals surface area contributed by atoms with Gasteiger partial charge in [0.15, 0.2) is 5.13 Å². The highest BCUT2D eigenvalue weighted by Gasteiger charge is 2.24. The van der Waals surface area contributed by atoms with E-state index in [1.807, 2.05) is 30.3 Å². The molecular weight excluding hydrogens is 474 g/mol. The number of benzene rings is 3. The lowest BCUT2D eigenvalue weighted by Gasteiger charge is -2.17. The van der Waals surface area contributed by atoms with E-state index >= 15 is 0 Å². The number of nitrogens with zero attached hydrogens (tertiary/aromatic N) is 2. The van der Waals surface area contributed by atoms with E-state index in [2.05, 4.69) is 10.3 Å². The Morgan fingerprint density at radius 2 is 1.79 bits per heavy atom. The first-order chi connectivity index (χ1) is 16.3. The summed E-state index contributed by atoms with van der Waals surface area (Å²) in [4.78, 5) is 17.1. The second-order valence-corrected chi connectivity index (χ2v) is 10.3. The number of aromatic nitrogens is 1. The average Bonchev–Trinajstić information content (AvgIpc) is 3.31. The van der Waals surface area contributed by atoms with Crippen LogP contribution in [0, 0.1) is 0 Å². The summed E-state index contributed by atoms with van der Waals surface area (Å²) in [5.41, 5.74) is 1.37. The summed E-state index contributed by atoms with van der Waals surface area (Å²) in [7, 11) is 0.657. The monoisotopic (exact) mass is 497 g/mol. The molecule has 0 bridgehead atoms. The van der Waals surface area contributed by atoms with Crippen molar-refractivity contribution in [3.63, 3.8) is 0 Å². The number of nitrogens with one attached hydrogen (secondary N) is 1. The molecule has 8 nitrogen and oxygen atoms in total. The number of methoxy groups -OCH3 is 2. The average molecular weight is 498 g/mol. The Kier molecular flexibility index (Phi) is 6.82. The Morgan fingerprint density at radius 3 is 2.53 bits per heavy atom. The van der Waals surface area contributed by atoms with E-state index in [4.69, 9.17) is 9.47 Å². The summed E-state index contributed by atoms with van der Waals surface area (Å²) in [5.74, 6) is 0.748. The lowest BCUT2D eigenvalue weighted by molar-refractivity contribution is -0.116. The smallest absolute Gasteiger partial charge is 0.243 e. The molecule has 3 aromatic carbocycles. The number of likely N-dealkylation sites (N-methyl/N-ethyl adjacent to an activating group) is 1. The molecule has 0 aliphatic carbocycles. The highest BCUT2D eigenvalue weighted by atomic mass is 32.2. The Morgan fingerprint density at radius 1 is 1.03 bits per heavy atom. The van der Waals surface area contributed by atoms with Crippen LogP contribution in [0.25, 0.3) is 22.0 Å². The zero-order valence-corrected chi connectivity index (χ0v) is 20.4. The molecule has 1 aromatic heterocycles. The number of fused-ring (bicyclic) bond motifs is 1. The molecule has 0 radical (unpaired) electrons. The Bertz CT molecular complexity index is 1450. The van der Waals surface area contributed by atoms with E-state index in [9.17, 15) is 13.2 Å². The Balaban J connectivity index is 1.46. The summed E-state index contributed by atoms with van der Waals surface area (Å²) in [6, 6.07) is 17.8. The second-order valence-electron chi connectivity index (χ2n) is 7.42. The van der Waals surface area contributed by atoms with Crippen LogP contribution in [-0.2, 0) is 14.8 Å². The van der Waals surface area contributed by atoms with Crippen LogP contribution < -0.4 is 14.8 Å². The third-order valence-electron chi connectivity index (χ3n) is 5.23. The van der Waals surface area contributed by atoms with Crippen LogP contribution in [0.4, 0.5) is 5.13 Å². The number of hydrogen-bond acceptors (Lipinski definition) is 7. The Labute approximate surface area is 201 Å². The van der Waals surface area contributed by atoms with E-state index in [1.54, 1.807) is 49.9 Å². The van der Waals surface area contributed by atoms with Gasteiger partial charge in [-0.15, -0.1) is 11.3 Å². The van der Waals surface area contributed by atoms with Gasteiger partial charge in [-0.25, -0.2) is 13.4 Å². The van der Waals surface area contributed by atoms with Crippen molar-refractivity contribution in [3.05, 3.63) is 66.0 Å². The van der Waals surface area contributed by atoms with Crippen molar-refractivity contribution in [1.29, 1.82) is 0 Å². The lowest BCUT2D eigenvalue weighted by atomic mass is 10.1. The van der Waals surface area contributed by atoms with E-state index in [0.29, 0.717) is 22.3 Å². The number of amides is 1. The Hall–Kier alpha value is -3.47. The van der Waals surface area contributed by atoms with Crippen molar-refractivity contribution in [1.82, 2.24) is 9.29 Å². The molecule has 34 heavy (non-hydrogen) atoms. The number of carbonyl (C=O) groups excluding carboxylic acids is 1. The van der Waals surface area contributed by atoms with Gasteiger partial charge in [-0.2, -0.15) is 4.31 Å². The molecule has 0 aliphatic rings. The van der Waals surface area contributed by atoms with Gasteiger partial charge >= 0.3 is 0 Å². The summed E-state index contributed by atoms with van der Waals surface area (Å²) in [6.07, 6.45) is 0. The van der Waals surface area contributed by atoms with Gasteiger partial charge in [-0.1, -0.05) is 30.3 Å². The summed E-state index contributed by atoms with van der Waals surface area (Å²) in [5, 5.41) is 6.57. The van der Waals surface area contributed by atoms with E-state index in [0.717, 1.165) is 20.6 Å². The summed E-state index contributed by atoms with van der Waals surface area (Å²) < 4.78 is 37.6. The van der Waals surface area contributed by atoms with Crippen molar-refractivity contribution in [2.75, 3.05) is 33.1 Å². The molecular formula is C24H23N3O5S2. The topological polar surface area (TPSA) is 97.8 Å². The van der Waals surface area contributed by atoms with Gasteiger partial charge in [0.2, 0.25) is 15.9 Å². The maximum atomic E-state index is 13.0. The van der Waals surface area contributed by atoms with Crippen molar-refractivity contribution in [3.8, 4) is 22.8 Å². The van der Waals surface area contributed by atoms with E-state index in [-0.39, 0.29) is 11.4 Å². The zero-order chi connectivity index (χ0) is 24.3. The second kappa shape index (κ2) is 9.80. The molecule has 1 N–H and O–H groups in total. The van der Waals surface area contributed by atoms with Crippen LogP contribution in [-0.4, -0.2) is 51.4 Å². The van der Waals surface area contributed by atoms with Crippen LogP contribution >= 0.6 is 11.3 Å². The van der Waals surface area contributed by atoms with Crippen LogP contribution in [0.3, 0.4) is 0 Å². The van der Waals surface area contributed by atoms with Gasteiger partial charge in [-0.3, -0.25) is 4.79 Å². The largest absolute Gasteiger partial charge is 0.497 e. The van der Waals surface area contributed by atoms with Gasteiger partial charge in [0.25, 0.3) is 0 Å². The fraction of sp³-hybridized carbons (Fsp3) is 0.167. The number of hydrogen-bond donors (Lipinski definition) is 1. The third kappa shape index (κ3) is 4.89. The maximum Gasteiger partial charge on any atom is 0.243 e. The van der Waals surface area contributed by atoms with E-state index < -0.39 is 15.9 Å². The molecule has 0 fully saturated rings. The molecule has 0 saturated heterocycles. The van der Waals surface area contributed by atoms with Crippen molar-refractivity contribution in [2.24, 2.45) is 0 Å². The van der Waals surface area contributed by atoms with Crippen LogP contribution in [0.15, 0.2) is 70.9 Å². The quantitative estimate of drug-likeness (QED) is 0.391. The molecule has 0 spiro atoms. The number of carbonyl (C=O) groups is 1. The fourth-order valence-electron chi connectivity index (χ4n) is 3.42. The summed E-state index contributed by atoms with van der Waals surface area (Å²) in [6.45, 7) is -0.351. The van der Waals surface area contributed by atoms with Crippen LogP contribution in [0.2, 0.25) is 0 Å². The van der Waals surface area contributed by atoms with E-state index in [1.165, 1.54) is 18.4 Å². The molecule has 10 heteroatoms. The number of anilines is 1. The standard InChI is InChI=1S/C24H23N3O5S2/c1-27(34(29,30)19-10-8-16-6-4-5-7-17(16)12-19)14-23(28)26-24-25-21(15-33-24)20-11-9-18(31-2)13-22(20)32-3/h4-13,15H,14H2,1-3H3,(H,25,26,28). The van der Waals surface area contributed by atoms with Gasteiger partial charge < -0.3 is 14.8 Å². The first-order valence-corrected chi connectivity index (χ1v) is 12.6. The van der Waals surface area contributed by atoms with Gasteiger partial charge in [-0.05, 0) is 35.0 Å². The molecule has 1 heterocycles. The van der Waals surface area contributed by atoms with Crippen molar-refractivity contribution in [2.45, 2.75) is 4.90 Å². The third-order valence-corrected chi connectivity index (χ3v) is 7.79. The minimum Gasteiger partial charge on any atom is -0.497 e. The number of sulfonamides is 1. The molecule has 0 aliphatic heterocycles. The predicted octanol–water partition coefficient (Wildman–Crippen LogP) is 4.24. The highest BCUT2D eigenvalue weighted by molar-refractivity contribution is 7.89. The number of thiazole rings is 1. The zero-order valence-electron chi connectivity index (χ0n) is 18.8. The number of rotatable bonds is 8. The van der Waals surface area contributed by atoms with Gasteiger partial charge in [0.05, 0.1) is 31.4 Å². The molecule has 0 atom stereocenters. The molecule has 4 rings (SSSR count). The van der Waals surface area contributed by atoms with Gasteiger partial charge in [0, 0.05) is 24.1 Å². The molecule has 4 aromatic rings. The van der Waals surface area contributed by atoms with Gasteiger partial charge in [0.1, 0.15) is 11.5 Å². The highest BCUT2D eigenvalue weighted by Crippen LogP contribution is 2.34. The summed E-state index contributed by atoms with van der Waals surface area (Å²) >= 11 is 1.24. The van der Waals surface area contributed by atoms with Crippen LogP contribution in [0.5, 0.6) is 11.5 Å². The molecule has 176 valence electrons. The minimum atomic E-state index is -3.84. The molecule has 0 saturated carbocycles. The molecule has 0 unspecified atom stereocenters. The maximum absolute atomic E-state index is 13.0. The molecule has 1 amide bonds. The fourth-order valence-corrected chi connectivity index (χ4v) is 5.31. The predicted molar refractivity (Wildman–Crippen MR) is 133 cm³/mol. The number of ether oxygens (including phenoxy) is 2.